The number of piperidine rings is 1. The molecule has 1 aromatic rings. The highest BCUT2D eigenvalue weighted by Gasteiger charge is 2.28. The average Bonchev–Trinajstić information content (AvgIpc) is 2.78. The van der Waals surface area contributed by atoms with E-state index in [1.54, 1.807) is 0 Å². The van der Waals surface area contributed by atoms with E-state index >= 15 is 0 Å². The molecule has 3 fully saturated rings. The van der Waals surface area contributed by atoms with Gasteiger partial charge in [-0.15, -0.1) is 23.5 Å². The fourth-order valence-corrected chi connectivity index (χ4v) is 7.70. The molecule has 5 nitrogen and oxygen atoms in total. The lowest BCUT2D eigenvalue weighted by Gasteiger charge is -2.39. The summed E-state index contributed by atoms with van der Waals surface area (Å²) in [5.74, 6) is 4.05. The standard InChI is InChI=1S/C24H36N2O3S2/c1-18-14-25(15-19(2)29-18)16-20-8-10-26(11-9-20)23(27)17-28-22-6-4-21(5-7-22)24-30-12-3-13-31-24/h4-7,18-20,24H,3,8-17H2,1-2H3. The predicted octanol–water partition coefficient (Wildman–Crippen LogP) is 4.28. The summed E-state index contributed by atoms with van der Waals surface area (Å²) in [6, 6.07) is 8.31. The molecular weight excluding hydrogens is 428 g/mol. The zero-order valence-corrected chi connectivity index (χ0v) is 20.5. The van der Waals surface area contributed by atoms with Crippen LogP contribution in [-0.4, -0.2) is 78.8 Å². The van der Waals surface area contributed by atoms with Gasteiger partial charge in [0.1, 0.15) is 5.75 Å². The van der Waals surface area contributed by atoms with Crippen LogP contribution in [0.5, 0.6) is 5.75 Å². The number of carbonyl (C=O) groups excluding carboxylic acids is 1. The Morgan fingerprint density at radius 1 is 1.06 bits per heavy atom. The van der Waals surface area contributed by atoms with E-state index in [1.165, 1.54) is 23.5 Å². The van der Waals surface area contributed by atoms with Gasteiger partial charge in [0.25, 0.3) is 5.91 Å². The van der Waals surface area contributed by atoms with Crippen LogP contribution in [0.25, 0.3) is 0 Å². The molecule has 0 radical (unpaired) electrons. The topological polar surface area (TPSA) is 42.0 Å². The predicted molar refractivity (Wildman–Crippen MR) is 130 cm³/mol. The minimum atomic E-state index is 0.106. The van der Waals surface area contributed by atoms with Gasteiger partial charge in [-0.05, 0) is 68.2 Å². The van der Waals surface area contributed by atoms with Gasteiger partial charge in [0.15, 0.2) is 6.61 Å². The normalized spacial score (nSPS) is 26.7. The van der Waals surface area contributed by atoms with E-state index in [9.17, 15) is 4.79 Å². The lowest BCUT2D eigenvalue weighted by molar-refractivity contribution is -0.135. The third-order valence-electron chi connectivity index (χ3n) is 6.32. The molecule has 0 aromatic heterocycles. The van der Waals surface area contributed by atoms with Gasteiger partial charge in [-0.25, -0.2) is 0 Å². The Labute approximate surface area is 195 Å². The maximum absolute atomic E-state index is 12.6. The molecule has 1 amide bonds. The van der Waals surface area contributed by atoms with Crippen molar-refractivity contribution in [3.63, 3.8) is 0 Å². The molecule has 1 aromatic carbocycles. The van der Waals surface area contributed by atoms with Gasteiger partial charge in [-0.3, -0.25) is 9.69 Å². The Morgan fingerprint density at radius 3 is 2.35 bits per heavy atom. The smallest absolute Gasteiger partial charge is 0.260 e. The molecule has 7 heteroatoms. The van der Waals surface area contributed by atoms with Crippen LogP contribution in [0, 0.1) is 5.92 Å². The first-order chi connectivity index (χ1) is 15.1. The zero-order chi connectivity index (χ0) is 21.6. The molecule has 0 bridgehead atoms. The molecule has 0 spiro atoms. The number of ether oxygens (including phenoxy) is 2. The largest absolute Gasteiger partial charge is 0.484 e. The van der Waals surface area contributed by atoms with Crippen molar-refractivity contribution in [3.05, 3.63) is 29.8 Å². The Hall–Kier alpha value is -0.890. The van der Waals surface area contributed by atoms with Gasteiger partial charge >= 0.3 is 0 Å². The highest BCUT2D eigenvalue weighted by atomic mass is 32.2. The fraction of sp³-hybridized carbons (Fsp3) is 0.708. The van der Waals surface area contributed by atoms with Crippen LogP contribution in [0.3, 0.4) is 0 Å². The molecule has 3 heterocycles. The van der Waals surface area contributed by atoms with Crippen LogP contribution < -0.4 is 4.74 Å². The second-order valence-corrected chi connectivity index (χ2v) is 11.8. The number of nitrogens with zero attached hydrogens (tertiary/aromatic N) is 2. The first-order valence-electron chi connectivity index (χ1n) is 11.7. The van der Waals surface area contributed by atoms with E-state index in [4.69, 9.17) is 9.47 Å². The first-order valence-corrected chi connectivity index (χ1v) is 13.8. The van der Waals surface area contributed by atoms with Crippen molar-refractivity contribution in [1.29, 1.82) is 0 Å². The van der Waals surface area contributed by atoms with E-state index in [0.29, 0.717) is 22.7 Å². The number of morpholine rings is 1. The Bertz CT molecular complexity index is 693. The van der Waals surface area contributed by atoms with Crippen molar-refractivity contribution in [1.82, 2.24) is 9.80 Å². The summed E-state index contributed by atoms with van der Waals surface area (Å²) in [5, 5.41) is 0. The van der Waals surface area contributed by atoms with E-state index in [0.717, 1.165) is 51.3 Å². The Balaban J connectivity index is 1.17. The van der Waals surface area contributed by atoms with Crippen LogP contribution in [-0.2, 0) is 9.53 Å². The van der Waals surface area contributed by atoms with Crippen LogP contribution in [0.2, 0.25) is 0 Å². The quantitative estimate of drug-likeness (QED) is 0.626. The van der Waals surface area contributed by atoms with E-state index < -0.39 is 0 Å². The molecule has 4 rings (SSSR count). The van der Waals surface area contributed by atoms with Gasteiger partial charge in [0.05, 0.1) is 16.8 Å². The zero-order valence-electron chi connectivity index (χ0n) is 18.8. The maximum Gasteiger partial charge on any atom is 0.260 e. The fourth-order valence-electron chi connectivity index (χ4n) is 4.80. The van der Waals surface area contributed by atoms with Gasteiger partial charge in [-0.1, -0.05) is 12.1 Å². The van der Waals surface area contributed by atoms with Crippen molar-refractivity contribution in [2.24, 2.45) is 5.92 Å². The summed E-state index contributed by atoms with van der Waals surface area (Å²) in [4.78, 5) is 17.2. The SMILES string of the molecule is CC1CN(CC2CCN(C(=O)COc3ccc(C4SCCCS4)cc3)CC2)CC(C)O1. The Morgan fingerprint density at radius 2 is 1.71 bits per heavy atom. The van der Waals surface area contributed by atoms with Crippen LogP contribution >= 0.6 is 23.5 Å². The molecule has 31 heavy (non-hydrogen) atoms. The molecular formula is C24H36N2O3S2. The number of carbonyl (C=O) groups is 1. The number of hydrogen-bond acceptors (Lipinski definition) is 6. The summed E-state index contributed by atoms with van der Waals surface area (Å²) in [5.41, 5.74) is 1.35. The van der Waals surface area contributed by atoms with Crippen molar-refractivity contribution >= 4 is 29.4 Å². The minimum absolute atomic E-state index is 0.106. The summed E-state index contributed by atoms with van der Waals surface area (Å²) in [6.07, 6.45) is 4.10. The number of likely N-dealkylation sites (tertiary alicyclic amines) is 1. The lowest BCUT2D eigenvalue weighted by atomic mass is 9.95. The number of thioether (sulfide) groups is 2. The van der Waals surface area contributed by atoms with E-state index in [2.05, 4.69) is 30.9 Å². The number of rotatable bonds is 6. The molecule has 2 atom stereocenters. The molecule has 3 aliphatic rings. The number of hydrogen-bond donors (Lipinski definition) is 0. The summed E-state index contributed by atoms with van der Waals surface area (Å²) < 4.78 is 12.2. The molecule has 3 aliphatic heterocycles. The monoisotopic (exact) mass is 464 g/mol. The summed E-state index contributed by atoms with van der Waals surface area (Å²) in [6.45, 7) is 9.31. The van der Waals surface area contributed by atoms with Crippen LogP contribution in [0.15, 0.2) is 24.3 Å². The maximum atomic E-state index is 12.6. The third-order valence-corrected chi connectivity index (χ3v) is 9.34. The van der Waals surface area contributed by atoms with Gasteiger partial charge < -0.3 is 14.4 Å². The van der Waals surface area contributed by atoms with Gasteiger partial charge in [-0.2, -0.15) is 0 Å². The molecule has 0 aliphatic carbocycles. The molecule has 0 saturated carbocycles. The first kappa shape index (κ1) is 23.3. The highest BCUT2D eigenvalue weighted by molar-refractivity contribution is 8.16. The van der Waals surface area contributed by atoms with Crippen LogP contribution in [0.4, 0.5) is 0 Å². The molecule has 2 unspecified atom stereocenters. The van der Waals surface area contributed by atoms with Crippen molar-refractivity contribution in [3.8, 4) is 5.75 Å². The van der Waals surface area contributed by atoms with Crippen molar-refractivity contribution < 1.29 is 14.3 Å². The van der Waals surface area contributed by atoms with Gasteiger partial charge in [0, 0.05) is 32.7 Å². The Kier molecular flexibility index (Phi) is 8.49. The van der Waals surface area contributed by atoms with E-state index in [1.807, 2.05) is 40.6 Å². The average molecular weight is 465 g/mol. The van der Waals surface area contributed by atoms with Crippen molar-refractivity contribution in [2.45, 2.75) is 49.9 Å². The summed E-state index contributed by atoms with van der Waals surface area (Å²) in [7, 11) is 0. The minimum Gasteiger partial charge on any atom is -0.484 e. The van der Waals surface area contributed by atoms with Crippen LogP contribution in [0.1, 0.15) is 43.3 Å². The third kappa shape index (κ3) is 6.80. The molecule has 172 valence electrons. The molecule has 0 N–H and O–H groups in total. The van der Waals surface area contributed by atoms with Crippen molar-refractivity contribution in [2.75, 3.05) is 50.8 Å². The second-order valence-electron chi connectivity index (χ2n) is 9.08. The lowest BCUT2D eigenvalue weighted by Crippen LogP contribution is -2.49. The highest BCUT2D eigenvalue weighted by Crippen LogP contribution is 2.43. The van der Waals surface area contributed by atoms with Gasteiger partial charge in [0.2, 0.25) is 0 Å². The molecule has 3 saturated heterocycles. The number of benzene rings is 1. The number of amides is 1. The summed E-state index contributed by atoms with van der Waals surface area (Å²) >= 11 is 4.04. The second kappa shape index (κ2) is 11.3. The van der Waals surface area contributed by atoms with E-state index in [-0.39, 0.29) is 12.5 Å².